The number of aromatic carboxylic acids is 1. The van der Waals surface area contributed by atoms with Gasteiger partial charge in [0.25, 0.3) is 5.91 Å². The van der Waals surface area contributed by atoms with Gasteiger partial charge >= 0.3 is 5.97 Å². The Labute approximate surface area is 111 Å². The number of amides is 1. The Morgan fingerprint density at radius 2 is 2.05 bits per heavy atom. The summed E-state index contributed by atoms with van der Waals surface area (Å²) in [4.78, 5) is 26.2. The Kier molecular flexibility index (Phi) is 5.95. The van der Waals surface area contributed by atoms with Crippen LogP contribution in [-0.4, -0.2) is 39.7 Å². The molecule has 1 heterocycles. The zero-order valence-corrected chi connectivity index (χ0v) is 10.8. The van der Waals surface area contributed by atoms with Crippen LogP contribution in [0.15, 0.2) is 18.2 Å². The van der Waals surface area contributed by atoms with Gasteiger partial charge in [0.2, 0.25) is 0 Å². The zero-order valence-electron chi connectivity index (χ0n) is 10.8. The number of nitrogens with one attached hydrogen (secondary N) is 1. The van der Waals surface area contributed by atoms with Crippen molar-refractivity contribution in [3.8, 4) is 0 Å². The van der Waals surface area contributed by atoms with Gasteiger partial charge in [-0.3, -0.25) is 4.79 Å². The Balaban J connectivity index is 2.45. The smallest absolute Gasteiger partial charge is 0.354 e. The Bertz CT molecular complexity index is 448. The van der Waals surface area contributed by atoms with Crippen LogP contribution < -0.4 is 5.32 Å². The van der Waals surface area contributed by atoms with Crippen molar-refractivity contribution < 1.29 is 19.8 Å². The van der Waals surface area contributed by atoms with E-state index in [2.05, 4.69) is 10.3 Å². The molecule has 0 saturated heterocycles. The summed E-state index contributed by atoms with van der Waals surface area (Å²) in [5, 5.41) is 20.8. The number of aliphatic hydroxyl groups excluding tert-OH is 1. The van der Waals surface area contributed by atoms with Crippen molar-refractivity contribution in [3.05, 3.63) is 29.6 Å². The van der Waals surface area contributed by atoms with Crippen LogP contribution >= 0.6 is 0 Å². The standard InChI is InChI=1S/C13H18N2O4/c1-2-9(16)5-4-8-14-12(17)10-6-3-7-11(15-10)13(18)19/h3,6-7,9,16H,2,4-5,8H2,1H3,(H,14,17)(H,18,19). The molecule has 0 saturated carbocycles. The lowest BCUT2D eigenvalue weighted by Crippen LogP contribution is -2.26. The molecule has 1 aromatic heterocycles. The average molecular weight is 266 g/mol. The van der Waals surface area contributed by atoms with Crippen molar-refractivity contribution in [2.45, 2.75) is 32.3 Å². The summed E-state index contributed by atoms with van der Waals surface area (Å²) in [6.45, 7) is 2.32. The van der Waals surface area contributed by atoms with E-state index in [-0.39, 0.29) is 17.5 Å². The molecule has 3 N–H and O–H groups in total. The molecule has 0 aromatic carbocycles. The van der Waals surface area contributed by atoms with Crippen LogP contribution in [0.3, 0.4) is 0 Å². The largest absolute Gasteiger partial charge is 0.477 e. The maximum Gasteiger partial charge on any atom is 0.354 e. The number of carboxylic acid groups (broad SMARTS) is 1. The van der Waals surface area contributed by atoms with Crippen molar-refractivity contribution in [3.63, 3.8) is 0 Å². The van der Waals surface area contributed by atoms with E-state index in [0.717, 1.165) is 0 Å². The van der Waals surface area contributed by atoms with Gasteiger partial charge in [0, 0.05) is 6.54 Å². The summed E-state index contributed by atoms with van der Waals surface area (Å²) in [7, 11) is 0. The molecule has 0 bridgehead atoms. The summed E-state index contributed by atoms with van der Waals surface area (Å²) < 4.78 is 0. The molecule has 0 spiro atoms. The predicted molar refractivity (Wildman–Crippen MR) is 69.1 cm³/mol. The van der Waals surface area contributed by atoms with E-state index < -0.39 is 11.9 Å². The molecule has 1 unspecified atom stereocenters. The fraction of sp³-hybridized carbons (Fsp3) is 0.462. The third-order valence-corrected chi connectivity index (χ3v) is 2.67. The number of carbonyl (C=O) groups is 2. The first-order valence-electron chi connectivity index (χ1n) is 6.21. The van der Waals surface area contributed by atoms with Crippen LogP contribution in [0.1, 0.15) is 47.2 Å². The minimum absolute atomic E-state index is 0.0796. The topological polar surface area (TPSA) is 99.5 Å². The molecule has 1 amide bonds. The Morgan fingerprint density at radius 3 is 2.68 bits per heavy atom. The fourth-order valence-electron chi connectivity index (χ4n) is 1.51. The molecule has 6 nitrogen and oxygen atoms in total. The average Bonchev–Trinajstić information content (AvgIpc) is 2.43. The maximum absolute atomic E-state index is 11.7. The molecule has 0 fully saturated rings. The number of carboxylic acids is 1. The molecule has 1 rings (SSSR count). The van der Waals surface area contributed by atoms with Crippen LogP contribution in [0.2, 0.25) is 0 Å². The summed E-state index contributed by atoms with van der Waals surface area (Å²) >= 11 is 0. The first-order chi connectivity index (χ1) is 9.04. The third-order valence-electron chi connectivity index (χ3n) is 2.67. The molecule has 0 aliphatic carbocycles. The monoisotopic (exact) mass is 266 g/mol. The molecule has 0 aliphatic heterocycles. The first-order valence-corrected chi connectivity index (χ1v) is 6.21. The number of rotatable bonds is 7. The van der Waals surface area contributed by atoms with Crippen LogP contribution in [-0.2, 0) is 0 Å². The summed E-state index contributed by atoms with van der Waals surface area (Å²) in [6.07, 6.45) is 1.64. The minimum atomic E-state index is -1.17. The van der Waals surface area contributed by atoms with E-state index in [1.54, 1.807) is 0 Å². The zero-order chi connectivity index (χ0) is 14.3. The van der Waals surface area contributed by atoms with Gasteiger partial charge < -0.3 is 15.5 Å². The van der Waals surface area contributed by atoms with E-state index >= 15 is 0 Å². The van der Waals surface area contributed by atoms with Crippen molar-refractivity contribution in [1.82, 2.24) is 10.3 Å². The molecule has 0 radical (unpaired) electrons. The first kappa shape index (κ1) is 15.1. The third kappa shape index (κ3) is 5.05. The number of hydrogen-bond acceptors (Lipinski definition) is 4. The van der Waals surface area contributed by atoms with Crippen LogP contribution in [0.25, 0.3) is 0 Å². The minimum Gasteiger partial charge on any atom is -0.477 e. The highest BCUT2D eigenvalue weighted by molar-refractivity contribution is 5.94. The van der Waals surface area contributed by atoms with Crippen molar-refractivity contribution >= 4 is 11.9 Å². The van der Waals surface area contributed by atoms with Gasteiger partial charge in [-0.25, -0.2) is 9.78 Å². The fourth-order valence-corrected chi connectivity index (χ4v) is 1.51. The molecular weight excluding hydrogens is 248 g/mol. The van der Waals surface area contributed by atoms with Crippen LogP contribution in [0.5, 0.6) is 0 Å². The van der Waals surface area contributed by atoms with E-state index in [0.29, 0.717) is 25.8 Å². The Hall–Kier alpha value is -1.95. The normalized spacial score (nSPS) is 11.9. The quantitative estimate of drug-likeness (QED) is 0.641. The van der Waals surface area contributed by atoms with Crippen molar-refractivity contribution in [2.75, 3.05) is 6.54 Å². The lowest BCUT2D eigenvalue weighted by Gasteiger charge is -2.08. The molecule has 19 heavy (non-hydrogen) atoms. The van der Waals surface area contributed by atoms with Gasteiger partial charge in [-0.15, -0.1) is 0 Å². The second-order valence-corrected chi connectivity index (χ2v) is 4.17. The summed E-state index contributed by atoms with van der Waals surface area (Å²) in [6, 6.07) is 4.27. The number of aliphatic hydroxyl groups is 1. The van der Waals surface area contributed by atoms with E-state index in [1.165, 1.54) is 18.2 Å². The lowest BCUT2D eigenvalue weighted by atomic mass is 10.1. The van der Waals surface area contributed by atoms with Crippen molar-refractivity contribution in [2.24, 2.45) is 0 Å². The second kappa shape index (κ2) is 7.48. The van der Waals surface area contributed by atoms with E-state index in [1.807, 2.05) is 6.92 Å². The van der Waals surface area contributed by atoms with Crippen molar-refractivity contribution in [1.29, 1.82) is 0 Å². The molecule has 6 heteroatoms. The Morgan fingerprint density at radius 1 is 1.37 bits per heavy atom. The predicted octanol–water partition coefficient (Wildman–Crippen LogP) is 1.06. The van der Waals surface area contributed by atoms with E-state index in [9.17, 15) is 14.7 Å². The van der Waals surface area contributed by atoms with Gasteiger partial charge in [-0.1, -0.05) is 13.0 Å². The molecule has 1 aromatic rings. The number of carbonyl (C=O) groups excluding carboxylic acids is 1. The maximum atomic E-state index is 11.7. The van der Waals surface area contributed by atoms with Gasteiger partial charge in [-0.05, 0) is 31.4 Å². The van der Waals surface area contributed by atoms with Gasteiger partial charge in [-0.2, -0.15) is 0 Å². The number of nitrogens with zero attached hydrogens (tertiary/aromatic N) is 1. The van der Waals surface area contributed by atoms with Gasteiger partial charge in [0.05, 0.1) is 6.10 Å². The summed E-state index contributed by atoms with van der Waals surface area (Å²) in [5.41, 5.74) is -0.0787. The van der Waals surface area contributed by atoms with Gasteiger partial charge in [0.1, 0.15) is 11.4 Å². The van der Waals surface area contributed by atoms with Crippen LogP contribution in [0.4, 0.5) is 0 Å². The summed E-state index contributed by atoms with van der Waals surface area (Å²) in [5.74, 6) is -1.57. The number of aromatic nitrogens is 1. The highest BCUT2D eigenvalue weighted by atomic mass is 16.4. The molecule has 0 aliphatic rings. The molecule has 1 atom stereocenters. The second-order valence-electron chi connectivity index (χ2n) is 4.17. The SMILES string of the molecule is CCC(O)CCCNC(=O)c1cccc(C(=O)O)n1. The molecule has 104 valence electrons. The molecular formula is C13H18N2O4. The van der Waals surface area contributed by atoms with Crippen LogP contribution in [0, 0.1) is 0 Å². The number of hydrogen-bond donors (Lipinski definition) is 3. The highest BCUT2D eigenvalue weighted by Crippen LogP contribution is 2.02. The number of pyridine rings is 1. The van der Waals surface area contributed by atoms with E-state index in [4.69, 9.17) is 5.11 Å². The van der Waals surface area contributed by atoms with Gasteiger partial charge in [0.15, 0.2) is 0 Å². The highest BCUT2D eigenvalue weighted by Gasteiger charge is 2.10. The lowest BCUT2D eigenvalue weighted by molar-refractivity contribution is 0.0690.